The molecule has 0 aliphatic heterocycles. The van der Waals surface area contributed by atoms with Gasteiger partial charge in [-0.15, -0.1) is 23.5 Å². The number of thiophene rings is 1. The zero-order chi connectivity index (χ0) is 18.7. The molecule has 0 aliphatic rings. The van der Waals surface area contributed by atoms with Gasteiger partial charge in [0.2, 0.25) is 11.8 Å². The summed E-state index contributed by atoms with van der Waals surface area (Å²) in [6.07, 6.45) is 1.63. The Bertz CT molecular complexity index is 1530. The molecule has 8 heteroatoms. The fourth-order valence-electron chi connectivity index (χ4n) is 3.26. The molecule has 1 N–H and O–H groups in total. The van der Waals surface area contributed by atoms with Gasteiger partial charge in [-0.25, -0.2) is 4.98 Å². The van der Waals surface area contributed by atoms with Gasteiger partial charge in [-0.2, -0.15) is 0 Å². The number of pyridine rings is 3. The average Bonchev–Trinajstić information content (AvgIpc) is 3.26. The number of ether oxygens (including phenoxy) is 1. The number of furan rings is 1. The number of hydrogen-bond acceptors (Lipinski definition) is 7. The summed E-state index contributed by atoms with van der Waals surface area (Å²) in [5.74, 6) is 1.00. The third-order valence-corrected chi connectivity index (χ3v) is 5.60. The number of aromatic hydroxyl groups is 1. The molecule has 6 aromatic rings. The van der Waals surface area contributed by atoms with Crippen molar-refractivity contribution >= 4 is 53.8 Å². The van der Waals surface area contributed by atoms with Gasteiger partial charge in [-0.3, -0.25) is 4.98 Å². The summed E-state index contributed by atoms with van der Waals surface area (Å²) in [6.45, 7) is 0. The van der Waals surface area contributed by atoms with E-state index in [1.54, 1.807) is 47.9 Å². The quantitative estimate of drug-likeness (QED) is 0.276. The van der Waals surface area contributed by atoms with Crippen molar-refractivity contribution in [2.24, 2.45) is 0 Å². The van der Waals surface area contributed by atoms with Crippen molar-refractivity contribution in [1.82, 2.24) is 15.0 Å². The second-order valence-corrected chi connectivity index (χ2v) is 7.30. The SMILES string of the molecule is Oc1cccc2sc3ccc(Oc4ccc5oc6ncc[c-]c6c5n4)nc3c12.[Pt]. The minimum atomic E-state index is 0. The molecule has 0 bridgehead atoms. The molecule has 5 heterocycles. The smallest absolute Gasteiger partial charge is 0.221 e. The second kappa shape index (κ2) is 6.79. The van der Waals surface area contributed by atoms with E-state index in [9.17, 15) is 5.11 Å². The predicted octanol–water partition coefficient (Wildman–Crippen LogP) is 5.43. The van der Waals surface area contributed by atoms with Crippen LogP contribution in [0.1, 0.15) is 0 Å². The summed E-state index contributed by atoms with van der Waals surface area (Å²) >= 11 is 1.58. The zero-order valence-corrected chi connectivity index (χ0v) is 17.6. The van der Waals surface area contributed by atoms with Crippen LogP contribution in [-0.4, -0.2) is 20.1 Å². The standard InChI is InChI=1S/C21H10N3O3S.Pt/c25-12-4-1-5-14-18(12)20-15(28-14)7-9-17(24-20)27-16-8-6-13-19(23-16)11-3-2-10-22-21(11)26-13;/h1-2,4-10,25H;/q-1;. The largest absolute Gasteiger partial charge is 0.507 e. The average molecular weight is 579 g/mol. The molecule has 6 rings (SSSR count). The Morgan fingerprint density at radius 1 is 0.966 bits per heavy atom. The van der Waals surface area contributed by atoms with E-state index < -0.39 is 0 Å². The second-order valence-electron chi connectivity index (χ2n) is 6.22. The summed E-state index contributed by atoms with van der Waals surface area (Å²) in [5.41, 5.74) is 2.46. The van der Waals surface area contributed by atoms with Crippen LogP contribution in [0.15, 0.2) is 59.1 Å². The van der Waals surface area contributed by atoms with Gasteiger partial charge >= 0.3 is 0 Å². The molecule has 0 fully saturated rings. The van der Waals surface area contributed by atoms with Gasteiger partial charge in [-0.1, -0.05) is 17.6 Å². The normalized spacial score (nSPS) is 11.3. The van der Waals surface area contributed by atoms with Crippen LogP contribution in [-0.2, 0) is 21.1 Å². The molecule has 0 radical (unpaired) electrons. The molecular weight excluding hydrogens is 569 g/mol. The maximum absolute atomic E-state index is 10.2. The summed E-state index contributed by atoms with van der Waals surface area (Å²) in [7, 11) is 0. The van der Waals surface area contributed by atoms with E-state index in [4.69, 9.17) is 9.15 Å². The Balaban J connectivity index is 0.00000181. The van der Waals surface area contributed by atoms with Crippen LogP contribution in [0, 0.1) is 6.07 Å². The van der Waals surface area contributed by atoms with Crippen molar-refractivity contribution in [3.63, 3.8) is 0 Å². The molecule has 29 heavy (non-hydrogen) atoms. The first-order valence-electron chi connectivity index (χ1n) is 8.51. The van der Waals surface area contributed by atoms with E-state index in [1.807, 2.05) is 18.2 Å². The predicted molar refractivity (Wildman–Crippen MR) is 107 cm³/mol. The molecule has 1 aromatic carbocycles. The van der Waals surface area contributed by atoms with Crippen molar-refractivity contribution < 1.29 is 35.3 Å². The van der Waals surface area contributed by atoms with Gasteiger partial charge in [0.1, 0.15) is 17.0 Å². The molecule has 0 aliphatic carbocycles. The zero-order valence-electron chi connectivity index (χ0n) is 14.5. The van der Waals surface area contributed by atoms with Crippen molar-refractivity contribution in [3.05, 3.63) is 60.8 Å². The monoisotopic (exact) mass is 579 g/mol. The summed E-state index contributed by atoms with van der Waals surface area (Å²) in [5, 5.41) is 11.7. The van der Waals surface area contributed by atoms with Crippen molar-refractivity contribution in [3.8, 4) is 17.5 Å². The summed E-state index contributed by atoms with van der Waals surface area (Å²) in [6, 6.07) is 17.5. The molecular formula is C21H10N3O3PtS-. The fourth-order valence-corrected chi connectivity index (χ4v) is 4.33. The van der Waals surface area contributed by atoms with E-state index in [2.05, 4.69) is 21.0 Å². The van der Waals surface area contributed by atoms with Crippen LogP contribution >= 0.6 is 11.3 Å². The van der Waals surface area contributed by atoms with Crippen molar-refractivity contribution in [2.45, 2.75) is 0 Å². The topological polar surface area (TPSA) is 81.3 Å². The summed E-state index contributed by atoms with van der Waals surface area (Å²) < 4.78 is 13.5. The number of rotatable bonds is 2. The van der Waals surface area contributed by atoms with E-state index in [0.717, 1.165) is 14.8 Å². The Hall–Kier alpha value is -3.02. The molecule has 0 saturated heterocycles. The molecule has 144 valence electrons. The Morgan fingerprint density at radius 2 is 1.79 bits per heavy atom. The number of hydrogen-bond donors (Lipinski definition) is 1. The molecule has 6 nitrogen and oxygen atoms in total. The molecule has 0 spiro atoms. The fraction of sp³-hybridized carbons (Fsp3) is 0. The van der Waals surface area contributed by atoms with Gasteiger partial charge in [-0.05, 0) is 24.3 Å². The number of phenolic OH excluding ortho intramolecular Hbond substituents is 1. The molecule has 5 aromatic heterocycles. The molecule has 0 saturated carbocycles. The van der Waals surface area contributed by atoms with E-state index >= 15 is 0 Å². The summed E-state index contributed by atoms with van der Waals surface area (Å²) in [4.78, 5) is 13.3. The molecule has 0 atom stereocenters. The number of fused-ring (bicyclic) bond motifs is 6. The maximum atomic E-state index is 10.2. The van der Waals surface area contributed by atoms with Crippen LogP contribution in [0.3, 0.4) is 0 Å². The Kier molecular flexibility index (Phi) is 4.22. The van der Waals surface area contributed by atoms with Gasteiger partial charge in [0, 0.05) is 43.4 Å². The van der Waals surface area contributed by atoms with Crippen LogP contribution in [0.2, 0.25) is 0 Å². The molecule has 0 unspecified atom stereocenters. The number of benzene rings is 1. The van der Waals surface area contributed by atoms with Gasteiger partial charge < -0.3 is 19.2 Å². The first-order valence-corrected chi connectivity index (χ1v) is 9.33. The van der Waals surface area contributed by atoms with Crippen molar-refractivity contribution in [1.29, 1.82) is 0 Å². The number of nitrogens with zero attached hydrogens (tertiary/aromatic N) is 3. The van der Waals surface area contributed by atoms with Gasteiger partial charge in [0.15, 0.2) is 0 Å². The first-order chi connectivity index (χ1) is 13.8. The first kappa shape index (κ1) is 18.0. The van der Waals surface area contributed by atoms with Crippen LogP contribution < -0.4 is 4.74 Å². The Labute approximate surface area is 182 Å². The third kappa shape index (κ3) is 2.85. The van der Waals surface area contributed by atoms with Crippen LogP contribution in [0.25, 0.3) is 42.5 Å². The number of phenols is 1. The van der Waals surface area contributed by atoms with Gasteiger partial charge in [0.25, 0.3) is 0 Å². The minimum absolute atomic E-state index is 0. The van der Waals surface area contributed by atoms with Crippen LogP contribution in [0.4, 0.5) is 0 Å². The third-order valence-electron chi connectivity index (χ3n) is 4.49. The van der Waals surface area contributed by atoms with Gasteiger partial charge in [0.05, 0.1) is 15.6 Å². The number of aromatic nitrogens is 3. The van der Waals surface area contributed by atoms with E-state index in [1.165, 1.54) is 0 Å². The van der Waals surface area contributed by atoms with E-state index in [-0.39, 0.29) is 26.8 Å². The maximum Gasteiger partial charge on any atom is 0.221 e. The Morgan fingerprint density at radius 3 is 2.69 bits per heavy atom. The van der Waals surface area contributed by atoms with Crippen LogP contribution in [0.5, 0.6) is 17.5 Å². The van der Waals surface area contributed by atoms with Crippen molar-refractivity contribution in [2.75, 3.05) is 0 Å². The minimum Gasteiger partial charge on any atom is -0.507 e. The van der Waals surface area contributed by atoms with E-state index in [0.29, 0.717) is 39.5 Å². The molecule has 0 amide bonds.